The lowest BCUT2D eigenvalue weighted by Gasteiger charge is -2.05. The molecule has 0 heterocycles. The van der Waals surface area contributed by atoms with Crippen LogP contribution in [-0.2, 0) is 16.1 Å². The molecule has 0 fully saturated rings. The number of carbonyl (C=O) groups excluding carboxylic acids is 3. The summed E-state index contributed by atoms with van der Waals surface area (Å²) in [5.74, 6) is -2.14. The predicted molar refractivity (Wildman–Crippen MR) is 119 cm³/mol. The summed E-state index contributed by atoms with van der Waals surface area (Å²) in [4.78, 5) is 45.8. The van der Waals surface area contributed by atoms with E-state index in [-0.39, 0.29) is 23.5 Å². The maximum atomic E-state index is 12.1. The van der Waals surface area contributed by atoms with Crippen LogP contribution in [0.15, 0.2) is 84.0 Å². The van der Waals surface area contributed by atoms with Crippen molar-refractivity contribution in [1.82, 2.24) is 10.7 Å². The van der Waals surface area contributed by atoms with E-state index in [1.807, 2.05) is 30.3 Å². The van der Waals surface area contributed by atoms with E-state index < -0.39 is 22.7 Å². The van der Waals surface area contributed by atoms with Gasteiger partial charge in [0.15, 0.2) is 0 Å². The largest absolute Gasteiger partial charge is 0.423 e. The molecular weight excluding hydrogens is 428 g/mol. The zero-order valence-corrected chi connectivity index (χ0v) is 17.1. The summed E-state index contributed by atoms with van der Waals surface area (Å²) >= 11 is 0. The third-order valence-electron chi connectivity index (χ3n) is 4.29. The van der Waals surface area contributed by atoms with Gasteiger partial charge in [-0.15, -0.1) is 0 Å². The standard InChI is InChI=1S/C23H18N4O6/c28-21(24-14-16-4-2-1-3-5-16)22(29)26-25-15-17-6-12-20(13-7-17)33-23(30)18-8-10-19(11-9-18)27(31)32/h1-13,15H,14H2,(H,24,28)(H,26,29)/b25-15+. The molecule has 0 bridgehead atoms. The van der Waals surface area contributed by atoms with Crippen LogP contribution >= 0.6 is 0 Å². The third kappa shape index (κ3) is 6.82. The molecule has 0 saturated carbocycles. The molecule has 0 aromatic heterocycles. The SMILES string of the molecule is O=C(NCc1ccccc1)C(=O)N/N=C/c1ccc(OC(=O)c2ccc([N+](=O)[O-])cc2)cc1. The summed E-state index contributed by atoms with van der Waals surface area (Å²) < 4.78 is 5.22. The number of benzene rings is 3. The molecule has 0 unspecified atom stereocenters. The molecular formula is C23H18N4O6. The highest BCUT2D eigenvalue weighted by Crippen LogP contribution is 2.16. The van der Waals surface area contributed by atoms with E-state index in [1.165, 1.54) is 42.6 Å². The van der Waals surface area contributed by atoms with Gasteiger partial charge in [0, 0.05) is 18.7 Å². The number of amides is 2. The first-order valence-corrected chi connectivity index (χ1v) is 9.64. The molecule has 3 aromatic rings. The topological polar surface area (TPSA) is 140 Å². The van der Waals surface area contributed by atoms with Gasteiger partial charge in [0.1, 0.15) is 5.75 Å². The molecule has 3 aromatic carbocycles. The van der Waals surface area contributed by atoms with Crippen LogP contribution < -0.4 is 15.5 Å². The van der Waals surface area contributed by atoms with Gasteiger partial charge in [-0.25, -0.2) is 10.2 Å². The summed E-state index contributed by atoms with van der Waals surface area (Å²) in [6.07, 6.45) is 1.32. The number of ether oxygens (including phenoxy) is 1. The lowest BCUT2D eigenvalue weighted by Crippen LogP contribution is -2.37. The van der Waals surface area contributed by atoms with E-state index in [9.17, 15) is 24.5 Å². The number of nitro benzene ring substituents is 1. The van der Waals surface area contributed by atoms with Crippen molar-refractivity contribution in [3.8, 4) is 5.75 Å². The quantitative estimate of drug-likeness (QED) is 0.143. The number of hydrogen-bond acceptors (Lipinski definition) is 7. The lowest BCUT2D eigenvalue weighted by molar-refractivity contribution is -0.384. The Morgan fingerprint density at radius 2 is 1.58 bits per heavy atom. The minimum atomic E-state index is -0.907. The maximum Gasteiger partial charge on any atom is 0.343 e. The zero-order valence-electron chi connectivity index (χ0n) is 17.1. The van der Waals surface area contributed by atoms with Crippen molar-refractivity contribution in [1.29, 1.82) is 0 Å². The highest BCUT2D eigenvalue weighted by Gasteiger charge is 2.13. The van der Waals surface area contributed by atoms with Gasteiger partial charge in [-0.3, -0.25) is 19.7 Å². The molecule has 10 nitrogen and oxygen atoms in total. The average molecular weight is 446 g/mol. The highest BCUT2D eigenvalue weighted by molar-refractivity contribution is 6.35. The van der Waals surface area contributed by atoms with Gasteiger partial charge >= 0.3 is 17.8 Å². The van der Waals surface area contributed by atoms with Crippen molar-refractivity contribution >= 4 is 29.7 Å². The number of non-ortho nitro benzene ring substituents is 1. The number of nitro groups is 1. The number of rotatable bonds is 7. The molecule has 0 radical (unpaired) electrons. The molecule has 0 saturated heterocycles. The van der Waals surface area contributed by atoms with Crippen molar-refractivity contribution in [2.45, 2.75) is 6.54 Å². The van der Waals surface area contributed by atoms with E-state index in [1.54, 1.807) is 12.1 Å². The Morgan fingerprint density at radius 3 is 2.21 bits per heavy atom. The van der Waals surface area contributed by atoms with Gasteiger partial charge in [-0.1, -0.05) is 30.3 Å². The molecule has 2 amide bonds. The van der Waals surface area contributed by atoms with Crippen LogP contribution in [0.1, 0.15) is 21.5 Å². The van der Waals surface area contributed by atoms with Crippen molar-refractivity contribution < 1.29 is 24.0 Å². The van der Waals surface area contributed by atoms with E-state index >= 15 is 0 Å². The summed E-state index contributed by atoms with van der Waals surface area (Å²) in [5.41, 5.74) is 3.61. The number of hydrazone groups is 1. The highest BCUT2D eigenvalue weighted by atomic mass is 16.6. The summed E-state index contributed by atoms with van der Waals surface area (Å²) in [6, 6.07) is 20.4. The smallest absolute Gasteiger partial charge is 0.343 e. The Balaban J connectivity index is 1.47. The Kier molecular flexibility index (Phi) is 7.58. The summed E-state index contributed by atoms with van der Waals surface area (Å²) in [5, 5.41) is 16.9. The van der Waals surface area contributed by atoms with Gasteiger partial charge in [-0.2, -0.15) is 5.10 Å². The van der Waals surface area contributed by atoms with Crippen LogP contribution in [0, 0.1) is 10.1 Å². The van der Waals surface area contributed by atoms with E-state index in [0.29, 0.717) is 5.56 Å². The van der Waals surface area contributed by atoms with Gasteiger partial charge in [0.2, 0.25) is 0 Å². The number of hydrogen-bond donors (Lipinski definition) is 2. The van der Waals surface area contributed by atoms with Crippen molar-refractivity contribution in [3.05, 3.63) is 106 Å². The van der Waals surface area contributed by atoms with Gasteiger partial charge in [0.25, 0.3) is 5.69 Å². The Labute approximate surface area is 188 Å². The van der Waals surface area contributed by atoms with E-state index in [4.69, 9.17) is 4.74 Å². The molecule has 2 N–H and O–H groups in total. The number of carbonyl (C=O) groups is 3. The number of esters is 1. The fourth-order valence-electron chi connectivity index (χ4n) is 2.58. The first-order valence-electron chi connectivity index (χ1n) is 9.64. The molecule has 10 heteroatoms. The van der Waals surface area contributed by atoms with Crippen LogP contribution in [-0.4, -0.2) is 28.9 Å². The van der Waals surface area contributed by atoms with E-state index in [0.717, 1.165) is 5.56 Å². The molecule has 0 aliphatic rings. The Hall–Kier alpha value is -4.86. The maximum absolute atomic E-state index is 12.1. The molecule has 0 atom stereocenters. The van der Waals surface area contributed by atoms with Gasteiger partial charge in [0.05, 0.1) is 16.7 Å². The van der Waals surface area contributed by atoms with E-state index in [2.05, 4.69) is 15.8 Å². The molecule has 0 aliphatic carbocycles. The zero-order chi connectivity index (χ0) is 23.6. The molecule has 33 heavy (non-hydrogen) atoms. The van der Waals surface area contributed by atoms with Crippen molar-refractivity contribution in [2.75, 3.05) is 0 Å². The molecule has 3 rings (SSSR count). The van der Waals surface area contributed by atoms with Gasteiger partial charge in [-0.05, 0) is 47.5 Å². The third-order valence-corrected chi connectivity index (χ3v) is 4.29. The van der Waals surface area contributed by atoms with Crippen molar-refractivity contribution in [2.24, 2.45) is 5.10 Å². The number of nitrogens with one attached hydrogen (secondary N) is 2. The number of nitrogens with zero attached hydrogens (tertiary/aromatic N) is 2. The van der Waals surface area contributed by atoms with Crippen LogP contribution in [0.5, 0.6) is 5.75 Å². The summed E-state index contributed by atoms with van der Waals surface area (Å²) in [7, 11) is 0. The van der Waals surface area contributed by atoms with Crippen LogP contribution in [0.4, 0.5) is 5.69 Å². The minimum Gasteiger partial charge on any atom is -0.423 e. The van der Waals surface area contributed by atoms with Crippen LogP contribution in [0.25, 0.3) is 0 Å². The van der Waals surface area contributed by atoms with Crippen molar-refractivity contribution in [3.63, 3.8) is 0 Å². The fourth-order valence-corrected chi connectivity index (χ4v) is 2.58. The minimum absolute atomic E-state index is 0.129. The second-order valence-corrected chi connectivity index (χ2v) is 6.63. The summed E-state index contributed by atoms with van der Waals surface area (Å²) in [6.45, 7) is 0.219. The fraction of sp³-hybridized carbons (Fsp3) is 0.0435. The van der Waals surface area contributed by atoms with Gasteiger partial charge < -0.3 is 10.1 Å². The second kappa shape index (κ2) is 11.0. The van der Waals surface area contributed by atoms with Crippen LogP contribution in [0.3, 0.4) is 0 Å². The first kappa shape index (κ1) is 22.8. The normalized spacial score (nSPS) is 10.4. The van der Waals surface area contributed by atoms with Crippen LogP contribution in [0.2, 0.25) is 0 Å². The average Bonchev–Trinajstić information content (AvgIpc) is 2.84. The Morgan fingerprint density at radius 1 is 0.909 bits per heavy atom. The second-order valence-electron chi connectivity index (χ2n) is 6.63. The lowest BCUT2D eigenvalue weighted by atomic mass is 10.2. The Bertz CT molecular complexity index is 1180. The molecule has 0 aliphatic heterocycles. The molecule has 166 valence electrons. The first-order chi connectivity index (χ1) is 15.9. The molecule has 0 spiro atoms. The monoisotopic (exact) mass is 446 g/mol. The predicted octanol–water partition coefficient (Wildman–Crippen LogP) is 2.58.